The molecule has 0 N–H and O–H groups in total. The van der Waals surface area contributed by atoms with Crippen LogP contribution in [0.3, 0.4) is 0 Å². The summed E-state index contributed by atoms with van der Waals surface area (Å²) in [5.41, 5.74) is 1.69. The van der Waals surface area contributed by atoms with Gasteiger partial charge in [-0.25, -0.2) is 9.97 Å². The van der Waals surface area contributed by atoms with Gasteiger partial charge in [0.05, 0.1) is 12.8 Å². The molecular formula is C21H24ClN3O4. The lowest BCUT2D eigenvalue weighted by atomic mass is 9.92. The lowest BCUT2D eigenvalue weighted by molar-refractivity contribution is -0.143. The van der Waals surface area contributed by atoms with E-state index in [4.69, 9.17) is 25.8 Å². The quantitative estimate of drug-likeness (QED) is 0.655. The molecule has 0 unspecified atom stereocenters. The highest BCUT2D eigenvalue weighted by Gasteiger charge is 2.25. The molecule has 0 spiro atoms. The lowest BCUT2D eigenvalue weighted by Crippen LogP contribution is -2.35. The Hall–Kier alpha value is -2.54. The Bertz CT molecular complexity index is 884. The summed E-state index contributed by atoms with van der Waals surface area (Å²) in [6, 6.07) is 5.77. The van der Waals surface area contributed by atoms with Crippen LogP contribution in [0.15, 0.2) is 24.4 Å². The summed E-state index contributed by atoms with van der Waals surface area (Å²) in [4.78, 5) is 23.0. The average Bonchev–Trinajstić information content (AvgIpc) is 3.21. The molecule has 3 heterocycles. The Morgan fingerprint density at radius 1 is 1.28 bits per heavy atom. The normalized spacial score (nSPS) is 16.1. The number of anilines is 1. The summed E-state index contributed by atoms with van der Waals surface area (Å²) < 4.78 is 15.9. The number of ether oxygens (including phenoxy) is 3. The molecule has 2 aliphatic rings. The fourth-order valence-electron chi connectivity index (χ4n) is 3.82. The first-order valence-corrected chi connectivity index (χ1v) is 10.3. The van der Waals surface area contributed by atoms with Crippen LogP contribution >= 0.6 is 11.6 Å². The highest BCUT2D eigenvalue weighted by atomic mass is 35.5. The van der Waals surface area contributed by atoms with Crippen LogP contribution in [0.2, 0.25) is 5.15 Å². The van der Waals surface area contributed by atoms with Crippen molar-refractivity contribution in [2.24, 2.45) is 5.92 Å². The zero-order chi connectivity index (χ0) is 20.2. The predicted molar refractivity (Wildman–Crippen MR) is 109 cm³/mol. The van der Waals surface area contributed by atoms with Gasteiger partial charge >= 0.3 is 5.97 Å². The minimum absolute atomic E-state index is 0.110. The van der Waals surface area contributed by atoms with Crippen molar-refractivity contribution in [2.45, 2.75) is 32.6 Å². The Balaban J connectivity index is 1.47. The number of fused-ring (bicyclic) bond motifs is 1. The number of hydrogen-bond donors (Lipinski definition) is 0. The van der Waals surface area contributed by atoms with Gasteiger partial charge in [0.1, 0.15) is 10.8 Å². The van der Waals surface area contributed by atoms with E-state index in [0.717, 1.165) is 55.2 Å². The Morgan fingerprint density at radius 3 is 2.86 bits per heavy atom. The maximum Gasteiger partial charge on any atom is 0.305 e. The number of benzene rings is 1. The van der Waals surface area contributed by atoms with Gasteiger partial charge in [-0.1, -0.05) is 11.6 Å². The molecular weight excluding hydrogens is 394 g/mol. The number of esters is 1. The fraction of sp³-hybridized carbons (Fsp3) is 0.476. The minimum atomic E-state index is -0.110. The van der Waals surface area contributed by atoms with E-state index in [2.05, 4.69) is 14.9 Å². The van der Waals surface area contributed by atoms with Gasteiger partial charge in [-0.15, -0.1) is 0 Å². The maximum atomic E-state index is 11.6. The monoisotopic (exact) mass is 417 g/mol. The number of hydrogen-bond acceptors (Lipinski definition) is 7. The summed E-state index contributed by atoms with van der Waals surface area (Å²) in [6.45, 7) is 4.20. The van der Waals surface area contributed by atoms with Crippen LogP contribution in [-0.4, -0.2) is 42.4 Å². The van der Waals surface area contributed by atoms with Crippen molar-refractivity contribution in [1.82, 2.24) is 9.97 Å². The summed E-state index contributed by atoms with van der Waals surface area (Å²) in [7, 11) is 0. The van der Waals surface area contributed by atoms with Crippen molar-refractivity contribution in [2.75, 3.05) is 31.4 Å². The van der Waals surface area contributed by atoms with E-state index in [0.29, 0.717) is 29.8 Å². The second-order valence-corrected chi connectivity index (χ2v) is 7.59. The molecule has 154 valence electrons. The summed E-state index contributed by atoms with van der Waals surface area (Å²) in [5.74, 6) is 2.63. The van der Waals surface area contributed by atoms with Crippen molar-refractivity contribution < 1.29 is 19.0 Å². The number of carbonyl (C=O) groups excluding carboxylic acids is 1. The van der Waals surface area contributed by atoms with Crippen molar-refractivity contribution in [1.29, 1.82) is 0 Å². The van der Waals surface area contributed by atoms with Crippen LogP contribution in [0.1, 0.15) is 32.6 Å². The van der Waals surface area contributed by atoms with Gasteiger partial charge < -0.3 is 19.1 Å². The van der Waals surface area contributed by atoms with Crippen molar-refractivity contribution >= 4 is 23.4 Å². The third-order valence-corrected chi connectivity index (χ3v) is 5.53. The molecule has 1 fully saturated rings. The van der Waals surface area contributed by atoms with Crippen LogP contribution in [0.25, 0.3) is 11.3 Å². The Morgan fingerprint density at radius 2 is 2.07 bits per heavy atom. The smallest absolute Gasteiger partial charge is 0.305 e. The number of aromatic nitrogens is 2. The first-order chi connectivity index (χ1) is 14.1. The number of rotatable bonds is 6. The Labute approximate surface area is 174 Å². The maximum absolute atomic E-state index is 11.6. The molecule has 1 saturated heterocycles. The Kier molecular flexibility index (Phi) is 6.04. The van der Waals surface area contributed by atoms with Gasteiger partial charge in [-0.3, -0.25) is 4.79 Å². The molecule has 0 radical (unpaired) electrons. The first-order valence-electron chi connectivity index (χ1n) is 9.97. The predicted octanol–water partition coefficient (Wildman–Crippen LogP) is 4.09. The van der Waals surface area contributed by atoms with E-state index in [1.54, 1.807) is 6.20 Å². The van der Waals surface area contributed by atoms with Crippen molar-refractivity contribution in [3.8, 4) is 22.8 Å². The zero-order valence-corrected chi connectivity index (χ0v) is 17.2. The molecule has 0 atom stereocenters. The molecule has 1 aromatic carbocycles. The second kappa shape index (κ2) is 8.86. The molecule has 7 nitrogen and oxygen atoms in total. The zero-order valence-electron chi connectivity index (χ0n) is 16.4. The molecule has 0 bridgehead atoms. The molecule has 2 aliphatic heterocycles. The number of nitrogens with zero attached hydrogens (tertiary/aromatic N) is 3. The SMILES string of the molecule is CCOC(=O)CCC1CCN(c2nc(Cl)cnc2-c2ccc3c(c2)OCO3)CC1. The van der Waals surface area contributed by atoms with Crippen LogP contribution < -0.4 is 14.4 Å². The molecule has 0 amide bonds. The summed E-state index contributed by atoms with van der Waals surface area (Å²) in [5, 5.41) is 0.369. The molecule has 2 aromatic rings. The fourth-order valence-corrected chi connectivity index (χ4v) is 3.94. The van der Waals surface area contributed by atoms with Gasteiger partial charge in [-0.05, 0) is 50.3 Å². The van der Waals surface area contributed by atoms with E-state index in [1.807, 2.05) is 25.1 Å². The lowest BCUT2D eigenvalue weighted by Gasteiger charge is -2.33. The number of halogens is 1. The van der Waals surface area contributed by atoms with E-state index in [-0.39, 0.29) is 12.8 Å². The van der Waals surface area contributed by atoms with Crippen LogP contribution in [0, 0.1) is 5.92 Å². The van der Waals surface area contributed by atoms with Gasteiger partial charge in [0.25, 0.3) is 0 Å². The van der Waals surface area contributed by atoms with E-state index in [9.17, 15) is 4.79 Å². The van der Waals surface area contributed by atoms with Crippen molar-refractivity contribution in [3.63, 3.8) is 0 Å². The van der Waals surface area contributed by atoms with E-state index in [1.165, 1.54) is 0 Å². The number of carbonyl (C=O) groups is 1. The standard InChI is InChI=1S/C21H24ClN3O4/c1-2-27-19(26)6-3-14-7-9-25(10-8-14)21-20(23-12-18(22)24-21)15-4-5-16-17(11-15)29-13-28-16/h4-5,11-12,14H,2-3,6-10,13H2,1H3. The van der Waals surface area contributed by atoms with Crippen LogP contribution in [0.4, 0.5) is 5.82 Å². The molecule has 29 heavy (non-hydrogen) atoms. The summed E-state index contributed by atoms with van der Waals surface area (Å²) in [6.07, 6.45) is 4.90. The van der Waals surface area contributed by atoms with Gasteiger partial charge in [0.15, 0.2) is 17.3 Å². The molecule has 8 heteroatoms. The number of piperidine rings is 1. The average molecular weight is 418 g/mol. The largest absolute Gasteiger partial charge is 0.466 e. The molecule has 0 aliphatic carbocycles. The molecule has 0 saturated carbocycles. The second-order valence-electron chi connectivity index (χ2n) is 7.21. The molecule has 4 rings (SSSR count). The third kappa shape index (κ3) is 4.56. The van der Waals surface area contributed by atoms with E-state index < -0.39 is 0 Å². The first kappa shape index (κ1) is 19.8. The molecule has 1 aromatic heterocycles. The highest BCUT2D eigenvalue weighted by Crippen LogP contribution is 2.38. The van der Waals surface area contributed by atoms with Crippen molar-refractivity contribution in [3.05, 3.63) is 29.5 Å². The third-order valence-electron chi connectivity index (χ3n) is 5.35. The topological polar surface area (TPSA) is 73.8 Å². The van der Waals surface area contributed by atoms with Gasteiger partial charge in [0.2, 0.25) is 6.79 Å². The highest BCUT2D eigenvalue weighted by molar-refractivity contribution is 6.29. The minimum Gasteiger partial charge on any atom is -0.466 e. The van der Waals surface area contributed by atoms with Gasteiger partial charge in [0, 0.05) is 25.1 Å². The van der Waals surface area contributed by atoms with Crippen LogP contribution in [0.5, 0.6) is 11.5 Å². The van der Waals surface area contributed by atoms with E-state index >= 15 is 0 Å². The van der Waals surface area contributed by atoms with Crippen LogP contribution in [-0.2, 0) is 9.53 Å². The summed E-state index contributed by atoms with van der Waals surface area (Å²) >= 11 is 6.16. The van der Waals surface area contributed by atoms with Gasteiger partial charge in [-0.2, -0.15) is 0 Å².